The molecule has 0 bridgehead atoms. The van der Waals surface area contributed by atoms with Crippen molar-refractivity contribution in [3.05, 3.63) is 69.3 Å². The highest BCUT2D eigenvalue weighted by atomic mass is 35.5. The van der Waals surface area contributed by atoms with Gasteiger partial charge < -0.3 is 20.7 Å². The van der Waals surface area contributed by atoms with Crippen molar-refractivity contribution in [1.29, 1.82) is 0 Å². The lowest BCUT2D eigenvalue weighted by Crippen LogP contribution is -2.48. The number of anilines is 2. The zero-order valence-corrected chi connectivity index (χ0v) is 21.5. The summed E-state index contributed by atoms with van der Waals surface area (Å²) in [7, 11) is 0. The molecule has 35 heavy (non-hydrogen) atoms. The molecule has 0 fully saturated rings. The summed E-state index contributed by atoms with van der Waals surface area (Å²) in [4.78, 5) is 39.7. The van der Waals surface area contributed by atoms with Crippen LogP contribution in [0.5, 0.6) is 0 Å². The minimum Gasteiger partial charge on any atom is -0.459 e. The molecule has 0 radical (unpaired) electrons. The lowest BCUT2D eigenvalue weighted by molar-refractivity contribution is -0.143. The van der Waals surface area contributed by atoms with Crippen molar-refractivity contribution in [2.75, 3.05) is 17.2 Å². The van der Waals surface area contributed by atoms with E-state index in [-0.39, 0.29) is 17.2 Å². The first kappa shape index (κ1) is 26.4. The van der Waals surface area contributed by atoms with Crippen LogP contribution in [0.1, 0.15) is 45.7 Å². The molecule has 0 spiro atoms. The quantitative estimate of drug-likeness (QED) is 0.372. The molecule has 3 N–H and O–H groups in total. The number of urea groups is 2. The van der Waals surface area contributed by atoms with Crippen molar-refractivity contribution in [2.45, 2.75) is 46.3 Å². The summed E-state index contributed by atoms with van der Waals surface area (Å²) < 4.78 is 5.46. The van der Waals surface area contributed by atoms with Gasteiger partial charge in [-0.3, -0.25) is 4.90 Å². The van der Waals surface area contributed by atoms with Gasteiger partial charge in [-0.05, 0) is 57.0 Å². The van der Waals surface area contributed by atoms with Crippen LogP contribution in [0.15, 0.2) is 53.7 Å². The molecule has 1 aliphatic rings. The van der Waals surface area contributed by atoms with Gasteiger partial charge >= 0.3 is 18.0 Å². The number of benzene rings is 2. The van der Waals surface area contributed by atoms with Crippen LogP contribution in [0.25, 0.3) is 0 Å². The largest absolute Gasteiger partial charge is 0.459 e. The fourth-order valence-electron chi connectivity index (χ4n) is 3.71. The zero-order valence-electron chi connectivity index (χ0n) is 19.9. The van der Waals surface area contributed by atoms with E-state index in [2.05, 4.69) is 16.0 Å². The highest BCUT2D eigenvalue weighted by Crippen LogP contribution is 2.33. The number of halogens is 2. The molecule has 1 unspecified atom stereocenters. The van der Waals surface area contributed by atoms with Gasteiger partial charge in [-0.2, -0.15) is 0 Å². The Morgan fingerprint density at radius 1 is 1.11 bits per heavy atom. The summed E-state index contributed by atoms with van der Waals surface area (Å²) in [6, 6.07) is 10.3. The number of ether oxygens (including phenoxy) is 1. The van der Waals surface area contributed by atoms with Gasteiger partial charge in [0.1, 0.15) is 0 Å². The van der Waals surface area contributed by atoms with Gasteiger partial charge in [-0.15, -0.1) is 0 Å². The van der Waals surface area contributed by atoms with E-state index in [1.54, 1.807) is 68.1 Å². The maximum atomic E-state index is 13.0. The lowest BCUT2D eigenvalue weighted by atomic mass is 9.94. The molecule has 0 saturated carbocycles. The molecule has 1 heterocycles. The summed E-state index contributed by atoms with van der Waals surface area (Å²) in [5, 5.41) is 8.85. The molecular formula is C25H28Cl2N4O4. The molecule has 2 aromatic carbocycles. The molecule has 1 atom stereocenters. The molecule has 2 aromatic rings. The summed E-state index contributed by atoms with van der Waals surface area (Å²) in [5.74, 6) is -0.483. The third-order valence-corrected chi connectivity index (χ3v) is 6.13. The van der Waals surface area contributed by atoms with Crippen molar-refractivity contribution in [3.63, 3.8) is 0 Å². The average Bonchev–Trinajstić information content (AvgIpc) is 2.79. The minimum atomic E-state index is -0.685. The number of rotatable bonds is 7. The molecule has 3 rings (SSSR count). The van der Waals surface area contributed by atoms with Gasteiger partial charge in [-0.25, -0.2) is 14.4 Å². The Labute approximate surface area is 214 Å². The fourth-order valence-corrected chi connectivity index (χ4v) is 4.06. The second-order valence-electron chi connectivity index (χ2n) is 8.29. The van der Waals surface area contributed by atoms with Gasteiger partial charge in [0.05, 0.1) is 33.5 Å². The van der Waals surface area contributed by atoms with Crippen LogP contribution in [-0.2, 0) is 9.53 Å². The Bertz CT molecular complexity index is 1150. The van der Waals surface area contributed by atoms with Crippen molar-refractivity contribution in [1.82, 2.24) is 10.2 Å². The van der Waals surface area contributed by atoms with Crippen molar-refractivity contribution < 1.29 is 19.1 Å². The van der Waals surface area contributed by atoms with E-state index in [0.29, 0.717) is 39.8 Å². The normalized spacial score (nSPS) is 15.7. The Kier molecular flexibility index (Phi) is 8.64. The minimum absolute atomic E-state index is 0.243. The topological polar surface area (TPSA) is 99.8 Å². The molecule has 0 aromatic heterocycles. The van der Waals surface area contributed by atoms with Gasteiger partial charge in [0, 0.05) is 17.9 Å². The lowest BCUT2D eigenvalue weighted by Gasteiger charge is -2.35. The first-order chi connectivity index (χ1) is 16.6. The Hall–Kier alpha value is -3.23. The Morgan fingerprint density at radius 3 is 2.43 bits per heavy atom. The van der Waals surface area contributed by atoms with Crippen molar-refractivity contribution in [3.8, 4) is 0 Å². The van der Waals surface area contributed by atoms with E-state index in [1.807, 2.05) is 6.92 Å². The van der Waals surface area contributed by atoms with Crippen LogP contribution in [0.2, 0.25) is 10.0 Å². The maximum absolute atomic E-state index is 13.0. The number of carbonyl (C=O) groups is 3. The van der Waals surface area contributed by atoms with Crippen LogP contribution in [-0.4, -0.2) is 35.6 Å². The van der Waals surface area contributed by atoms with Crippen LogP contribution in [0, 0.1) is 0 Å². The molecule has 186 valence electrons. The predicted molar refractivity (Wildman–Crippen MR) is 138 cm³/mol. The number of amides is 4. The summed E-state index contributed by atoms with van der Waals surface area (Å²) >= 11 is 12.1. The van der Waals surface area contributed by atoms with E-state index < -0.39 is 18.0 Å². The van der Waals surface area contributed by atoms with Crippen molar-refractivity contribution >= 4 is 52.6 Å². The highest BCUT2D eigenvalue weighted by molar-refractivity contribution is 6.44. The van der Waals surface area contributed by atoms with Gasteiger partial charge in [0.25, 0.3) is 0 Å². The first-order valence-corrected chi connectivity index (χ1v) is 12.0. The number of hydrogen-bond acceptors (Lipinski definition) is 4. The van der Waals surface area contributed by atoms with Crippen LogP contribution in [0.3, 0.4) is 0 Å². The number of carbonyl (C=O) groups excluding carboxylic acids is 3. The Balaban J connectivity index is 1.81. The summed E-state index contributed by atoms with van der Waals surface area (Å²) in [6.45, 7) is 7.74. The highest BCUT2D eigenvalue weighted by Gasteiger charge is 2.36. The Morgan fingerprint density at radius 2 is 1.80 bits per heavy atom. The van der Waals surface area contributed by atoms with Gasteiger partial charge in [0.2, 0.25) is 0 Å². The number of hydrogen-bond donors (Lipinski definition) is 3. The molecule has 0 saturated heterocycles. The van der Waals surface area contributed by atoms with E-state index in [1.165, 1.54) is 0 Å². The number of esters is 1. The summed E-state index contributed by atoms with van der Waals surface area (Å²) in [6.07, 6.45) is 0.434. The summed E-state index contributed by atoms with van der Waals surface area (Å²) in [5.41, 5.74) is 2.50. The van der Waals surface area contributed by atoms with Gasteiger partial charge in [-0.1, -0.05) is 48.3 Å². The third kappa shape index (κ3) is 6.26. The van der Waals surface area contributed by atoms with Crippen LogP contribution < -0.4 is 16.0 Å². The third-order valence-electron chi connectivity index (χ3n) is 5.31. The average molecular weight is 519 g/mol. The fraction of sp³-hybridized carbons (Fsp3) is 0.320. The van der Waals surface area contributed by atoms with E-state index in [4.69, 9.17) is 27.9 Å². The molecule has 10 heteroatoms. The smallest absolute Gasteiger partial charge is 0.338 e. The SMILES string of the molecule is CCCN1C(=O)NC(c2ccc(NC(=O)Nc3cccc(Cl)c3Cl)cc2)C(C(=O)OC(C)C)=C1C. The number of nitrogens with one attached hydrogen (secondary N) is 3. The molecule has 4 amide bonds. The van der Waals surface area contributed by atoms with Crippen LogP contribution in [0.4, 0.5) is 21.0 Å². The standard InChI is InChI=1S/C25H28Cl2N4O4/c1-5-13-31-15(4)20(23(32)35-14(2)3)22(30-25(31)34)16-9-11-17(12-10-16)28-24(33)29-19-8-6-7-18(26)21(19)27/h6-12,14,22H,5,13H2,1-4H3,(H,30,34)(H2,28,29,33). The van der Waals surface area contributed by atoms with E-state index >= 15 is 0 Å². The predicted octanol–water partition coefficient (Wildman–Crippen LogP) is 6.34. The van der Waals surface area contributed by atoms with Crippen LogP contribution >= 0.6 is 23.2 Å². The van der Waals surface area contributed by atoms with Gasteiger partial charge in [0.15, 0.2) is 0 Å². The van der Waals surface area contributed by atoms with E-state index in [9.17, 15) is 14.4 Å². The molecule has 8 nitrogen and oxygen atoms in total. The second kappa shape index (κ2) is 11.5. The molecule has 1 aliphatic heterocycles. The number of nitrogens with zero attached hydrogens (tertiary/aromatic N) is 1. The monoisotopic (exact) mass is 518 g/mol. The zero-order chi connectivity index (χ0) is 25.7. The molecule has 0 aliphatic carbocycles. The maximum Gasteiger partial charge on any atom is 0.338 e. The second-order valence-corrected chi connectivity index (χ2v) is 9.07. The first-order valence-electron chi connectivity index (χ1n) is 11.2. The van der Waals surface area contributed by atoms with Crippen molar-refractivity contribution in [2.24, 2.45) is 0 Å². The number of allylic oxidation sites excluding steroid dienone is 1. The molecular weight excluding hydrogens is 491 g/mol. The van der Waals surface area contributed by atoms with E-state index in [0.717, 1.165) is 6.42 Å².